The average molecular weight is 430 g/mol. The summed E-state index contributed by atoms with van der Waals surface area (Å²) in [7, 11) is 0. The third kappa shape index (κ3) is 3.45. The van der Waals surface area contributed by atoms with Gasteiger partial charge in [-0.3, -0.25) is 19.3 Å². The Bertz CT molecular complexity index is 1220. The molecular formula is C21H17F3N4OS. The second kappa shape index (κ2) is 7.76. The van der Waals surface area contributed by atoms with Gasteiger partial charge in [0, 0.05) is 22.5 Å². The van der Waals surface area contributed by atoms with Crippen LogP contribution in [-0.4, -0.2) is 26.7 Å². The highest BCUT2D eigenvalue weighted by Gasteiger charge is 2.45. The van der Waals surface area contributed by atoms with Crippen molar-refractivity contribution in [1.82, 2.24) is 14.5 Å². The van der Waals surface area contributed by atoms with Crippen LogP contribution < -0.4 is 5.56 Å². The number of thioether (sulfide) groups is 1. The van der Waals surface area contributed by atoms with Gasteiger partial charge in [0.05, 0.1) is 28.9 Å². The minimum Gasteiger partial charge on any atom is -0.270 e. The molecule has 3 aromatic rings. The van der Waals surface area contributed by atoms with Crippen molar-refractivity contribution in [3.05, 3.63) is 52.6 Å². The molecule has 1 saturated carbocycles. The predicted octanol–water partition coefficient (Wildman–Crippen LogP) is 4.86. The van der Waals surface area contributed by atoms with E-state index in [4.69, 9.17) is 0 Å². The molecular weight excluding hydrogens is 413 g/mol. The molecule has 1 aliphatic carbocycles. The van der Waals surface area contributed by atoms with E-state index in [-0.39, 0.29) is 5.52 Å². The first-order chi connectivity index (χ1) is 14.4. The Kier molecular flexibility index (Phi) is 5.28. The first kappa shape index (κ1) is 20.4. The van der Waals surface area contributed by atoms with Crippen LogP contribution in [0.2, 0.25) is 0 Å². The third-order valence-corrected chi connectivity index (χ3v) is 6.09. The molecule has 0 spiro atoms. The number of fused-ring (bicyclic) bond motifs is 1. The number of aromatic nitrogens is 3. The van der Waals surface area contributed by atoms with Gasteiger partial charge in [0.25, 0.3) is 12.0 Å². The number of alkyl halides is 3. The summed E-state index contributed by atoms with van der Waals surface area (Å²) in [5, 5.41) is 9.86. The molecule has 0 aromatic carbocycles. The molecule has 30 heavy (non-hydrogen) atoms. The van der Waals surface area contributed by atoms with E-state index >= 15 is 0 Å². The van der Waals surface area contributed by atoms with Gasteiger partial charge in [-0.15, -0.1) is 11.8 Å². The van der Waals surface area contributed by atoms with E-state index in [0.29, 0.717) is 21.3 Å². The molecule has 0 aliphatic heterocycles. The van der Waals surface area contributed by atoms with Gasteiger partial charge in [-0.05, 0) is 42.4 Å². The molecule has 0 radical (unpaired) electrons. The molecule has 154 valence electrons. The van der Waals surface area contributed by atoms with Crippen LogP contribution in [0, 0.1) is 11.3 Å². The minimum absolute atomic E-state index is 0.0122. The number of halogens is 3. The van der Waals surface area contributed by atoms with Gasteiger partial charge in [-0.25, -0.2) is 13.2 Å². The van der Waals surface area contributed by atoms with Gasteiger partial charge >= 0.3 is 0 Å². The van der Waals surface area contributed by atoms with Crippen molar-refractivity contribution in [2.75, 3.05) is 5.75 Å². The standard InChI is InChI=1S/C21H17F3N4OS/c1-2-30-16-8-13(21(11-25)5-6-21)9-27-18(16)14-7-12-3-4-17(29)28(15(12)10-26-14)20(24)19(22)23/h3-4,7-10,19-20H,2,5-6H2,1H3. The lowest BCUT2D eigenvalue weighted by molar-refractivity contribution is 0.00861. The smallest absolute Gasteiger partial charge is 0.270 e. The maximum absolute atomic E-state index is 14.0. The fourth-order valence-corrected chi connectivity index (χ4v) is 4.22. The summed E-state index contributed by atoms with van der Waals surface area (Å²) >= 11 is 1.56. The van der Waals surface area contributed by atoms with Crippen LogP contribution in [0.15, 0.2) is 46.3 Å². The van der Waals surface area contributed by atoms with Gasteiger partial charge < -0.3 is 0 Å². The molecule has 0 N–H and O–H groups in total. The Morgan fingerprint density at radius 1 is 1.23 bits per heavy atom. The van der Waals surface area contributed by atoms with Crippen molar-refractivity contribution in [3.8, 4) is 17.5 Å². The zero-order chi connectivity index (χ0) is 21.5. The zero-order valence-corrected chi connectivity index (χ0v) is 16.8. The van der Waals surface area contributed by atoms with Crippen molar-refractivity contribution < 1.29 is 13.2 Å². The quantitative estimate of drug-likeness (QED) is 0.523. The fourth-order valence-electron chi connectivity index (χ4n) is 3.41. The maximum Gasteiger partial charge on any atom is 0.288 e. The van der Waals surface area contributed by atoms with Crippen LogP contribution >= 0.6 is 11.8 Å². The Hall–Kier alpha value is -2.86. The molecule has 0 bridgehead atoms. The molecule has 0 amide bonds. The largest absolute Gasteiger partial charge is 0.288 e. The number of nitriles is 1. The molecule has 1 atom stereocenters. The second-order valence-electron chi connectivity index (χ2n) is 7.07. The van der Waals surface area contributed by atoms with Crippen LogP contribution in [0.4, 0.5) is 13.2 Å². The number of pyridine rings is 3. The summed E-state index contributed by atoms with van der Waals surface area (Å²) in [5.74, 6) is 0.780. The van der Waals surface area contributed by atoms with Crippen LogP contribution in [0.3, 0.4) is 0 Å². The molecule has 4 rings (SSSR count). The summed E-state index contributed by atoms with van der Waals surface area (Å²) < 4.78 is 40.2. The first-order valence-electron chi connectivity index (χ1n) is 9.38. The first-order valence-corrected chi connectivity index (χ1v) is 10.4. The highest BCUT2D eigenvalue weighted by atomic mass is 32.2. The molecule has 9 heteroatoms. The van der Waals surface area contributed by atoms with Crippen LogP contribution in [0.5, 0.6) is 0 Å². The molecule has 3 aromatic heterocycles. The Morgan fingerprint density at radius 2 is 2.00 bits per heavy atom. The second-order valence-corrected chi connectivity index (χ2v) is 8.38. The summed E-state index contributed by atoms with van der Waals surface area (Å²) in [6, 6.07) is 8.42. The summed E-state index contributed by atoms with van der Waals surface area (Å²) in [6.45, 7) is 2.00. The van der Waals surface area contributed by atoms with Crippen molar-refractivity contribution in [1.29, 1.82) is 5.26 Å². The molecule has 1 fully saturated rings. The third-order valence-electron chi connectivity index (χ3n) is 5.18. The fraction of sp³-hybridized carbons (Fsp3) is 0.333. The number of nitrogens with zero attached hydrogens (tertiary/aromatic N) is 4. The Labute approximate surface area is 174 Å². The number of rotatable bonds is 6. The lowest BCUT2D eigenvalue weighted by atomic mass is 9.99. The molecule has 1 unspecified atom stereocenters. The summed E-state index contributed by atoms with van der Waals surface area (Å²) in [6.07, 6.45) is -1.58. The van der Waals surface area contributed by atoms with Gasteiger partial charge in [-0.2, -0.15) is 5.26 Å². The average Bonchev–Trinajstić information content (AvgIpc) is 3.54. The van der Waals surface area contributed by atoms with Gasteiger partial charge in [0.15, 0.2) is 0 Å². The van der Waals surface area contributed by atoms with E-state index in [9.17, 15) is 23.2 Å². The van der Waals surface area contributed by atoms with Crippen LogP contribution in [-0.2, 0) is 5.41 Å². The summed E-state index contributed by atoms with van der Waals surface area (Å²) in [5.41, 5.74) is 0.598. The van der Waals surface area contributed by atoms with E-state index in [0.717, 1.165) is 35.1 Å². The molecule has 0 saturated heterocycles. The van der Waals surface area contributed by atoms with Crippen LogP contribution in [0.1, 0.15) is 31.6 Å². The SMILES string of the molecule is CCSc1cc(C2(C#N)CC2)cnc1-c1cc2ccc(=O)n(C(F)C(F)F)c2cn1. The van der Waals surface area contributed by atoms with E-state index in [1.54, 1.807) is 24.0 Å². The van der Waals surface area contributed by atoms with E-state index in [1.807, 2.05) is 13.0 Å². The van der Waals surface area contributed by atoms with E-state index in [1.165, 1.54) is 12.3 Å². The maximum atomic E-state index is 14.0. The van der Waals surface area contributed by atoms with Gasteiger partial charge in [-0.1, -0.05) is 6.92 Å². The zero-order valence-electron chi connectivity index (χ0n) is 16.0. The molecule has 5 nitrogen and oxygen atoms in total. The van der Waals surface area contributed by atoms with Crippen molar-refractivity contribution >= 4 is 22.7 Å². The van der Waals surface area contributed by atoms with E-state index < -0.39 is 23.7 Å². The van der Waals surface area contributed by atoms with Gasteiger partial charge in [0.2, 0.25) is 6.30 Å². The number of hydrogen-bond donors (Lipinski definition) is 0. The lowest BCUT2D eigenvalue weighted by Gasteiger charge is -2.15. The summed E-state index contributed by atoms with van der Waals surface area (Å²) in [4.78, 5) is 21.6. The van der Waals surface area contributed by atoms with Crippen LogP contribution in [0.25, 0.3) is 22.3 Å². The lowest BCUT2D eigenvalue weighted by Crippen LogP contribution is -2.26. The van der Waals surface area contributed by atoms with Crippen molar-refractivity contribution in [2.45, 2.75) is 42.8 Å². The highest BCUT2D eigenvalue weighted by molar-refractivity contribution is 7.99. The minimum atomic E-state index is -3.33. The predicted molar refractivity (Wildman–Crippen MR) is 108 cm³/mol. The monoisotopic (exact) mass is 430 g/mol. The molecule has 3 heterocycles. The topological polar surface area (TPSA) is 71.6 Å². The number of hydrogen-bond acceptors (Lipinski definition) is 5. The highest BCUT2D eigenvalue weighted by Crippen LogP contribution is 2.48. The Balaban J connectivity index is 1.83. The molecule has 1 aliphatic rings. The van der Waals surface area contributed by atoms with Crippen molar-refractivity contribution in [2.24, 2.45) is 0 Å². The van der Waals surface area contributed by atoms with E-state index in [2.05, 4.69) is 16.0 Å². The Morgan fingerprint density at radius 3 is 2.63 bits per heavy atom. The normalized spacial score (nSPS) is 15.9. The van der Waals surface area contributed by atoms with Gasteiger partial charge in [0.1, 0.15) is 5.69 Å². The van der Waals surface area contributed by atoms with Crippen molar-refractivity contribution in [3.63, 3.8) is 0 Å².